The molecule has 0 heterocycles. The van der Waals surface area contributed by atoms with Gasteiger partial charge in [-0.2, -0.15) is 23.5 Å². The van der Waals surface area contributed by atoms with Crippen LogP contribution in [0.25, 0.3) is 0 Å². The molecule has 0 aromatic carbocycles. The third-order valence-electron chi connectivity index (χ3n) is 4.47. The SMILES string of the molecule is CCC(C)C(NC(=O)C(CCSC)NC(=O)CN)C(=O)NC(CCSC)C(=O)O. The van der Waals surface area contributed by atoms with Gasteiger partial charge < -0.3 is 26.8 Å². The highest BCUT2D eigenvalue weighted by Crippen LogP contribution is 2.11. The van der Waals surface area contributed by atoms with Crippen molar-refractivity contribution >= 4 is 47.2 Å². The van der Waals surface area contributed by atoms with Crippen molar-refractivity contribution in [3.05, 3.63) is 0 Å². The summed E-state index contributed by atoms with van der Waals surface area (Å²) in [5, 5.41) is 17.1. The zero-order valence-corrected chi connectivity index (χ0v) is 19.2. The summed E-state index contributed by atoms with van der Waals surface area (Å²) in [6, 6.07) is -2.75. The summed E-state index contributed by atoms with van der Waals surface area (Å²) < 4.78 is 0. The molecule has 0 aliphatic carbocycles. The maximum absolute atomic E-state index is 12.8. The van der Waals surface area contributed by atoms with Gasteiger partial charge in [-0.3, -0.25) is 14.4 Å². The number of hydrogen-bond donors (Lipinski definition) is 5. The highest BCUT2D eigenvalue weighted by atomic mass is 32.2. The lowest BCUT2D eigenvalue weighted by atomic mass is 9.97. The Labute approximate surface area is 181 Å². The summed E-state index contributed by atoms with van der Waals surface area (Å²) >= 11 is 3.01. The van der Waals surface area contributed by atoms with Gasteiger partial charge in [-0.1, -0.05) is 20.3 Å². The van der Waals surface area contributed by atoms with E-state index in [1.54, 1.807) is 6.92 Å². The molecule has 0 spiro atoms. The number of amides is 3. The summed E-state index contributed by atoms with van der Waals surface area (Å²) in [7, 11) is 0. The van der Waals surface area contributed by atoms with Gasteiger partial charge in [-0.25, -0.2) is 4.79 Å². The van der Waals surface area contributed by atoms with Crippen molar-refractivity contribution in [2.45, 2.75) is 51.2 Å². The van der Waals surface area contributed by atoms with Crippen LogP contribution >= 0.6 is 23.5 Å². The molecule has 0 bridgehead atoms. The Morgan fingerprint density at radius 3 is 1.93 bits per heavy atom. The molecule has 168 valence electrons. The first-order chi connectivity index (χ1) is 13.7. The van der Waals surface area contributed by atoms with Crippen LogP contribution in [0.1, 0.15) is 33.1 Å². The van der Waals surface area contributed by atoms with Crippen molar-refractivity contribution in [1.29, 1.82) is 0 Å². The van der Waals surface area contributed by atoms with Crippen molar-refractivity contribution in [1.82, 2.24) is 16.0 Å². The zero-order chi connectivity index (χ0) is 22.4. The largest absolute Gasteiger partial charge is 0.480 e. The molecule has 11 heteroatoms. The molecule has 0 fully saturated rings. The predicted octanol–water partition coefficient (Wildman–Crippen LogP) is 0.0364. The van der Waals surface area contributed by atoms with Crippen LogP contribution in [0, 0.1) is 5.92 Å². The molecule has 0 aliphatic rings. The molecular weight excluding hydrogens is 416 g/mol. The van der Waals surface area contributed by atoms with Gasteiger partial charge in [0.15, 0.2) is 0 Å². The number of nitrogens with one attached hydrogen (secondary N) is 3. The van der Waals surface area contributed by atoms with Gasteiger partial charge in [-0.05, 0) is 42.8 Å². The quantitative estimate of drug-likeness (QED) is 0.235. The molecule has 3 amide bonds. The number of thioether (sulfide) groups is 2. The van der Waals surface area contributed by atoms with E-state index in [1.165, 1.54) is 23.5 Å². The summed E-state index contributed by atoms with van der Waals surface area (Å²) in [5.41, 5.74) is 5.32. The molecule has 0 radical (unpaired) electrons. The van der Waals surface area contributed by atoms with Gasteiger partial charge in [0.25, 0.3) is 0 Å². The summed E-state index contributed by atoms with van der Waals surface area (Å²) in [6.45, 7) is 3.44. The fourth-order valence-electron chi connectivity index (χ4n) is 2.47. The number of carbonyl (C=O) groups excluding carboxylic acids is 3. The zero-order valence-electron chi connectivity index (χ0n) is 17.5. The Morgan fingerprint density at radius 2 is 1.48 bits per heavy atom. The van der Waals surface area contributed by atoms with Crippen molar-refractivity contribution in [3.63, 3.8) is 0 Å². The van der Waals surface area contributed by atoms with Gasteiger partial charge >= 0.3 is 5.97 Å². The third kappa shape index (κ3) is 10.8. The molecular formula is C18H34N4O5S2. The number of carboxylic acids is 1. The number of carboxylic acid groups (broad SMARTS) is 1. The maximum atomic E-state index is 12.8. The maximum Gasteiger partial charge on any atom is 0.326 e. The Hall–Kier alpha value is -1.46. The monoisotopic (exact) mass is 450 g/mol. The summed E-state index contributed by atoms with van der Waals surface area (Å²) in [6.07, 6.45) is 5.01. The predicted molar refractivity (Wildman–Crippen MR) is 118 cm³/mol. The average molecular weight is 451 g/mol. The number of rotatable bonds is 15. The Balaban J connectivity index is 5.31. The first-order valence-electron chi connectivity index (χ1n) is 9.52. The van der Waals surface area contributed by atoms with E-state index >= 15 is 0 Å². The van der Waals surface area contributed by atoms with Crippen LogP contribution in [0.15, 0.2) is 0 Å². The van der Waals surface area contributed by atoms with Crippen LogP contribution in [-0.4, -0.2) is 77.5 Å². The molecule has 0 saturated carbocycles. The van der Waals surface area contributed by atoms with Gasteiger partial charge in [0.05, 0.1) is 6.54 Å². The fourth-order valence-corrected chi connectivity index (χ4v) is 3.41. The minimum atomic E-state index is -1.12. The van der Waals surface area contributed by atoms with E-state index in [4.69, 9.17) is 5.73 Å². The Morgan fingerprint density at radius 1 is 0.931 bits per heavy atom. The first kappa shape index (κ1) is 27.5. The van der Waals surface area contributed by atoms with E-state index < -0.39 is 41.8 Å². The lowest BCUT2D eigenvalue weighted by Crippen LogP contribution is -2.58. The van der Waals surface area contributed by atoms with Crippen LogP contribution in [0.4, 0.5) is 0 Å². The number of aliphatic carboxylic acids is 1. The lowest BCUT2D eigenvalue weighted by Gasteiger charge is -2.27. The minimum absolute atomic E-state index is 0.222. The number of hydrogen-bond acceptors (Lipinski definition) is 7. The summed E-state index contributed by atoms with van der Waals surface area (Å²) in [5.74, 6) is -1.61. The van der Waals surface area contributed by atoms with Crippen LogP contribution in [0.2, 0.25) is 0 Å². The van der Waals surface area contributed by atoms with Crippen LogP contribution < -0.4 is 21.7 Å². The van der Waals surface area contributed by atoms with Gasteiger partial charge in [0.1, 0.15) is 18.1 Å². The first-order valence-corrected chi connectivity index (χ1v) is 12.3. The summed E-state index contributed by atoms with van der Waals surface area (Å²) in [4.78, 5) is 48.6. The molecule has 0 aromatic rings. The van der Waals surface area contributed by atoms with Crippen molar-refractivity contribution < 1.29 is 24.3 Å². The smallest absolute Gasteiger partial charge is 0.326 e. The molecule has 0 aromatic heterocycles. The molecule has 4 atom stereocenters. The Kier molecular flexibility index (Phi) is 14.6. The molecule has 0 saturated heterocycles. The van der Waals surface area contributed by atoms with Crippen molar-refractivity contribution in [3.8, 4) is 0 Å². The van der Waals surface area contributed by atoms with E-state index in [1.807, 2.05) is 19.4 Å². The standard InChI is InChI=1S/C18H34N4O5S2/c1-5-11(2)15(17(25)21-13(18(26)27)7-9-29-4)22-16(24)12(6-8-28-3)20-14(23)10-19/h11-13,15H,5-10,19H2,1-4H3,(H,20,23)(H,21,25)(H,22,24)(H,26,27). The van der Waals surface area contributed by atoms with E-state index in [-0.39, 0.29) is 18.9 Å². The van der Waals surface area contributed by atoms with E-state index in [9.17, 15) is 24.3 Å². The van der Waals surface area contributed by atoms with E-state index in [0.29, 0.717) is 24.3 Å². The van der Waals surface area contributed by atoms with Crippen LogP contribution in [-0.2, 0) is 19.2 Å². The molecule has 9 nitrogen and oxygen atoms in total. The molecule has 6 N–H and O–H groups in total. The van der Waals surface area contributed by atoms with E-state index in [2.05, 4.69) is 16.0 Å². The Bertz CT molecular complexity index is 550. The van der Waals surface area contributed by atoms with Gasteiger partial charge in [0, 0.05) is 0 Å². The highest BCUT2D eigenvalue weighted by Gasteiger charge is 2.31. The average Bonchev–Trinajstić information content (AvgIpc) is 2.70. The minimum Gasteiger partial charge on any atom is -0.480 e. The van der Waals surface area contributed by atoms with Crippen LogP contribution in [0.5, 0.6) is 0 Å². The highest BCUT2D eigenvalue weighted by molar-refractivity contribution is 7.98. The normalized spacial score (nSPS) is 14.9. The lowest BCUT2D eigenvalue weighted by molar-refractivity contribution is -0.142. The van der Waals surface area contributed by atoms with Crippen LogP contribution in [0.3, 0.4) is 0 Å². The molecule has 0 rings (SSSR count). The number of carbonyl (C=O) groups is 4. The second kappa shape index (κ2) is 15.4. The molecule has 4 unspecified atom stereocenters. The topological polar surface area (TPSA) is 151 Å². The second-order valence-corrected chi connectivity index (χ2v) is 8.63. The molecule has 29 heavy (non-hydrogen) atoms. The second-order valence-electron chi connectivity index (χ2n) is 6.66. The van der Waals surface area contributed by atoms with E-state index in [0.717, 1.165) is 0 Å². The van der Waals surface area contributed by atoms with Crippen molar-refractivity contribution in [2.24, 2.45) is 11.7 Å². The molecule has 0 aliphatic heterocycles. The number of nitrogens with two attached hydrogens (primary N) is 1. The third-order valence-corrected chi connectivity index (χ3v) is 5.75. The van der Waals surface area contributed by atoms with Crippen molar-refractivity contribution in [2.75, 3.05) is 30.6 Å². The van der Waals surface area contributed by atoms with Gasteiger partial charge in [-0.15, -0.1) is 0 Å². The fraction of sp³-hybridized carbons (Fsp3) is 0.778. The van der Waals surface area contributed by atoms with Gasteiger partial charge in [0.2, 0.25) is 17.7 Å².